The van der Waals surface area contributed by atoms with Crippen LogP contribution in [0.3, 0.4) is 0 Å². The van der Waals surface area contributed by atoms with Crippen LogP contribution in [-0.4, -0.2) is 56.9 Å². The molecule has 0 saturated heterocycles. The molecule has 0 spiro atoms. The van der Waals surface area contributed by atoms with Crippen LogP contribution in [0.2, 0.25) is 0 Å². The third kappa shape index (κ3) is 3.14. The van der Waals surface area contributed by atoms with E-state index in [2.05, 4.69) is 20.1 Å². The van der Waals surface area contributed by atoms with E-state index in [0.717, 1.165) is 6.54 Å². The van der Waals surface area contributed by atoms with Gasteiger partial charge < -0.3 is 15.4 Å². The minimum absolute atomic E-state index is 0.107. The number of hydrogen-bond acceptors (Lipinski definition) is 7. The van der Waals surface area contributed by atoms with Crippen molar-refractivity contribution in [1.29, 1.82) is 0 Å². The molecular formula is C10H15N7O. The molecule has 0 aliphatic heterocycles. The van der Waals surface area contributed by atoms with E-state index in [-0.39, 0.29) is 12.0 Å². The molecule has 0 saturated carbocycles. The van der Waals surface area contributed by atoms with Crippen molar-refractivity contribution in [3.63, 3.8) is 0 Å². The lowest BCUT2D eigenvalue weighted by atomic mass is 10.6. The van der Waals surface area contributed by atoms with Crippen LogP contribution in [0.25, 0.3) is 5.95 Å². The maximum atomic E-state index is 5.60. The SMILES string of the molecule is CN(C)CCOc1nc(N)nc(-n2cccn2)n1. The van der Waals surface area contributed by atoms with Crippen LogP contribution in [0.4, 0.5) is 5.95 Å². The first-order chi connectivity index (χ1) is 8.65. The quantitative estimate of drug-likeness (QED) is 0.768. The van der Waals surface area contributed by atoms with Crippen LogP contribution in [0.15, 0.2) is 18.5 Å². The van der Waals surface area contributed by atoms with Crippen molar-refractivity contribution in [2.24, 2.45) is 0 Å². The van der Waals surface area contributed by atoms with E-state index < -0.39 is 0 Å². The summed E-state index contributed by atoms with van der Waals surface area (Å²) in [6.07, 6.45) is 3.35. The Morgan fingerprint density at radius 1 is 1.33 bits per heavy atom. The van der Waals surface area contributed by atoms with Crippen molar-refractivity contribution in [2.75, 3.05) is 33.0 Å². The van der Waals surface area contributed by atoms with Gasteiger partial charge in [0.2, 0.25) is 5.95 Å². The largest absolute Gasteiger partial charge is 0.462 e. The summed E-state index contributed by atoms with van der Waals surface area (Å²) >= 11 is 0. The van der Waals surface area contributed by atoms with Crippen molar-refractivity contribution < 1.29 is 4.74 Å². The molecule has 8 heteroatoms. The molecule has 0 aliphatic carbocycles. The zero-order valence-corrected chi connectivity index (χ0v) is 10.3. The second kappa shape index (κ2) is 5.41. The standard InChI is InChI=1S/C10H15N7O/c1-16(2)6-7-18-10-14-8(11)13-9(15-10)17-5-3-4-12-17/h3-5H,6-7H2,1-2H3,(H2,11,13,14,15). The lowest BCUT2D eigenvalue weighted by Gasteiger charge is -2.10. The maximum absolute atomic E-state index is 5.60. The van der Waals surface area contributed by atoms with Gasteiger partial charge in [-0.25, -0.2) is 4.68 Å². The van der Waals surface area contributed by atoms with Crippen LogP contribution in [0, 0.1) is 0 Å². The predicted molar refractivity (Wildman–Crippen MR) is 65.4 cm³/mol. The zero-order valence-electron chi connectivity index (χ0n) is 10.3. The Hall–Kier alpha value is -2.22. The molecule has 2 aromatic rings. The summed E-state index contributed by atoms with van der Waals surface area (Å²) in [5, 5.41) is 4.02. The number of nitrogen functional groups attached to an aromatic ring is 1. The number of hydrogen-bond donors (Lipinski definition) is 1. The second-order valence-corrected chi connectivity index (χ2v) is 3.88. The molecule has 2 aromatic heterocycles. The van der Waals surface area contributed by atoms with E-state index in [0.29, 0.717) is 12.6 Å². The Balaban J connectivity index is 2.12. The Bertz CT molecular complexity index is 497. The molecule has 2 rings (SSSR count). The molecule has 0 aromatic carbocycles. The summed E-state index contributed by atoms with van der Waals surface area (Å²) in [6, 6.07) is 1.97. The highest BCUT2D eigenvalue weighted by Crippen LogP contribution is 2.07. The average Bonchev–Trinajstić information content (AvgIpc) is 2.81. The van der Waals surface area contributed by atoms with Gasteiger partial charge >= 0.3 is 6.01 Å². The van der Waals surface area contributed by atoms with Gasteiger partial charge in [-0.1, -0.05) is 0 Å². The number of aromatic nitrogens is 5. The Labute approximate surface area is 104 Å². The summed E-state index contributed by atoms with van der Waals surface area (Å²) < 4.78 is 6.91. The van der Waals surface area contributed by atoms with Gasteiger partial charge in [0.05, 0.1) is 0 Å². The smallest absolute Gasteiger partial charge is 0.323 e. The van der Waals surface area contributed by atoms with Crippen molar-refractivity contribution >= 4 is 5.95 Å². The summed E-state index contributed by atoms with van der Waals surface area (Å²) in [4.78, 5) is 14.0. The molecule has 2 N–H and O–H groups in total. The van der Waals surface area contributed by atoms with Crippen LogP contribution >= 0.6 is 0 Å². The molecule has 18 heavy (non-hydrogen) atoms. The fourth-order valence-corrected chi connectivity index (χ4v) is 1.23. The monoisotopic (exact) mass is 249 g/mol. The second-order valence-electron chi connectivity index (χ2n) is 3.88. The van der Waals surface area contributed by atoms with Gasteiger partial charge in [-0.15, -0.1) is 0 Å². The number of rotatable bonds is 5. The van der Waals surface area contributed by atoms with E-state index >= 15 is 0 Å². The number of anilines is 1. The summed E-state index contributed by atoms with van der Waals surface area (Å²) in [5.74, 6) is 0.447. The number of likely N-dealkylation sites (N-methyl/N-ethyl adjacent to an activating group) is 1. The highest BCUT2D eigenvalue weighted by atomic mass is 16.5. The van der Waals surface area contributed by atoms with Gasteiger partial charge in [-0.05, 0) is 20.2 Å². The lowest BCUT2D eigenvalue weighted by Crippen LogP contribution is -2.20. The fraction of sp³-hybridized carbons (Fsp3) is 0.400. The van der Waals surface area contributed by atoms with E-state index in [9.17, 15) is 0 Å². The summed E-state index contributed by atoms with van der Waals surface area (Å²) in [6.45, 7) is 1.25. The maximum Gasteiger partial charge on any atom is 0.323 e. The van der Waals surface area contributed by atoms with Gasteiger partial charge in [-0.3, -0.25) is 0 Å². The molecule has 0 atom stereocenters. The number of nitrogens with two attached hydrogens (primary N) is 1. The number of nitrogens with zero attached hydrogens (tertiary/aromatic N) is 6. The molecule has 0 bridgehead atoms. The van der Waals surface area contributed by atoms with E-state index in [1.807, 2.05) is 19.0 Å². The zero-order chi connectivity index (χ0) is 13.0. The van der Waals surface area contributed by atoms with Crippen molar-refractivity contribution in [2.45, 2.75) is 0 Å². The van der Waals surface area contributed by atoms with Crippen LogP contribution in [-0.2, 0) is 0 Å². The number of ether oxygens (including phenoxy) is 1. The molecule has 96 valence electrons. The van der Waals surface area contributed by atoms with Gasteiger partial charge in [0, 0.05) is 18.9 Å². The van der Waals surface area contributed by atoms with Gasteiger partial charge in [-0.2, -0.15) is 20.1 Å². The molecule has 0 aliphatic rings. The highest BCUT2D eigenvalue weighted by molar-refractivity contribution is 5.24. The van der Waals surface area contributed by atoms with E-state index in [1.54, 1.807) is 18.5 Å². The molecule has 0 radical (unpaired) electrons. The van der Waals surface area contributed by atoms with E-state index in [1.165, 1.54) is 4.68 Å². The minimum atomic E-state index is 0.107. The molecule has 8 nitrogen and oxygen atoms in total. The Morgan fingerprint density at radius 3 is 2.83 bits per heavy atom. The molecule has 0 fully saturated rings. The molecule has 0 unspecified atom stereocenters. The summed E-state index contributed by atoms with van der Waals surface area (Å²) in [7, 11) is 3.92. The van der Waals surface area contributed by atoms with Gasteiger partial charge in [0.25, 0.3) is 5.95 Å². The van der Waals surface area contributed by atoms with Crippen molar-refractivity contribution in [3.05, 3.63) is 18.5 Å². The average molecular weight is 249 g/mol. The third-order valence-corrected chi connectivity index (χ3v) is 2.10. The topological polar surface area (TPSA) is 95.0 Å². The van der Waals surface area contributed by atoms with Crippen molar-refractivity contribution in [1.82, 2.24) is 29.6 Å². The molecule has 2 heterocycles. The predicted octanol–water partition coefficient (Wildman–Crippen LogP) is -0.420. The molecular weight excluding hydrogens is 234 g/mol. The first-order valence-corrected chi connectivity index (χ1v) is 5.44. The fourth-order valence-electron chi connectivity index (χ4n) is 1.23. The first kappa shape index (κ1) is 12.2. The van der Waals surface area contributed by atoms with Crippen LogP contribution in [0.5, 0.6) is 6.01 Å². The third-order valence-electron chi connectivity index (χ3n) is 2.10. The highest BCUT2D eigenvalue weighted by Gasteiger charge is 2.07. The van der Waals surface area contributed by atoms with Gasteiger partial charge in [0.1, 0.15) is 6.61 Å². The van der Waals surface area contributed by atoms with E-state index in [4.69, 9.17) is 10.5 Å². The summed E-state index contributed by atoms with van der Waals surface area (Å²) in [5.41, 5.74) is 5.60. The van der Waals surface area contributed by atoms with Crippen molar-refractivity contribution in [3.8, 4) is 12.0 Å². The lowest BCUT2D eigenvalue weighted by molar-refractivity contribution is 0.245. The minimum Gasteiger partial charge on any atom is -0.462 e. The molecule has 0 amide bonds. The van der Waals surface area contributed by atoms with Crippen LogP contribution in [0.1, 0.15) is 0 Å². The van der Waals surface area contributed by atoms with Crippen LogP contribution < -0.4 is 10.5 Å². The normalized spacial score (nSPS) is 10.8. The van der Waals surface area contributed by atoms with Gasteiger partial charge in [0.15, 0.2) is 0 Å². The Kier molecular flexibility index (Phi) is 3.68. The first-order valence-electron chi connectivity index (χ1n) is 5.44. The Morgan fingerprint density at radius 2 is 2.17 bits per heavy atom.